The van der Waals surface area contributed by atoms with E-state index in [1.807, 2.05) is 38.1 Å². The van der Waals surface area contributed by atoms with E-state index in [1.54, 1.807) is 24.3 Å². The maximum absolute atomic E-state index is 12.5. The molecular formula is C18H23NO4S. The third kappa shape index (κ3) is 4.80. The van der Waals surface area contributed by atoms with Crippen LogP contribution >= 0.6 is 0 Å². The predicted molar refractivity (Wildman–Crippen MR) is 93.7 cm³/mol. The molecule has 2 rings (SSSR count). The number of nitrogens with zero attached hydrogens (tertiary/aromatic N) is 1. The van der Waals surface area contributed by atoms with Crippen molar-refractivity contribution in [1.29, 1.82) is 0 Å². The maximum atomic E-state index is 12.5. The number of ether oxygens (including phenoxy) is 1. The molecule has 1 atom stereocenters. The van der Waals surface area contributed by atoms with E-state index < -0.39 is 16.1 Å². The van der Waals surface area contributed by atoms with Gasteiger partial charge < -0.3 is 9.84 Å². The van der Waals surface area contributed by atoms with Gasteiger partial charge in [0, 0.05) is 13.6 Å². The topological polar surface area (TPSA) is 66.8 Å². The highest BCUT2D eigenvalue weighted by Gasteiger charge is 2.23. The summed E-state index contributed by atoms with van der Waals surface area (Å²) < 4.78 is 31.6. The van der Waals surface area contributed by atoms with Crippen LogP contribution in [-0.2, 0) is 10.0 Å². The zero-order chi connectivity index (χ0) is 17.7. The van der Waals surface area contributed by atoms with E-state index in [-0.39, 0.29) is 18.0 Å². The third-order valence-electron chi connectivity index (χ3n) is 3.66. The second-order valence-electron chi connectivity index (χ2n) is 5.88. The molecule has 0 aliphatic rings. The SMILES string of the molecule is Cc1ccc(OCC(O)CN(C)S(=O)(=O)c2ccc(C)cc2)cc1. The van der Waals surface area contributed by atoms with Crippen LogP contribution in [0.3, 0.4) is 0 Å². The van der Waals surface area contributed by atoms with Gasteiger partial charge in [0.05, 0.1) is 4.90 Å². The number of rotatable bonds is 7. The van der Waals surface area contributed by atoms with Crippen molar-refractivity contribution in [3.8, 4) is 5.75 Å². The first-order valence-electron chi connectivity index (χ1n) is 7.69. The van der Waals surface area contributed by atoms with Gasteiger partial charge in [0.25, 0.3) is 0 Å². The molecule has 0 saturated carbocycles. The van der Waals surface area contributed by atoms with Crippen LogP contribution in [0.15, 0.2) is 53.4 Å². The maximum Gasteiger partial charge on any atom is 0.242 e. The number of sulfonamides is 1. The smallest absolute Gasteiger partial charge is 0.242 e. The lowest BCUT2D eigenvalue weighted by atomic mass is 10.2. The molecule has 0 radical (unpaired) electrons. The Bertz CT molecular complexity index is 755. The molecule has 24 heavy (non-hydrogen) atoms. The molecule has 0 aliphatic carbocycles. The van der Waals surface area contributed by atoms with Crippen LogP contribution < -0.4 is 4.74 Å². The fourth-order valence-electron chi connectivity index (χ4n) is 2.16. The largest absolute Gasteiger partial charge is 0.491 e. The molecule has 130 valence electrons. The fourth-order valence-corrected chi connectivity index (χ4v) is 3.37. The van der Waals surface area contributed by atoms with E-state index >= 15 is 0 Å². The van der Waals surface area contributed by atoms with Gasteiger partial charge in [0.15, 0.2) is 0 Å². The van der Waals surface area contributed by atoms with Crippen molar-refractivity contribution in [1.82, 2.24) is 4.31 Å². The van der Waals surface area contributed by atoms with Crippen LogP contribution in [0.4, 0.5) is 0 Å². The Morgan fingerprint density at radius 2 is 1.50 bits per heavy atom. The number of hydrogen-bond acceptors (Lipinski definition) is 4. The van der Waals surface area contributed by atoms with Gasteiger partial charge in [0.1, 0.15) is 18.5 Å². The lowest BCUT2D eigenvalue weighted by molar-refractivity contribution is 0.0935. The summed E-state index contributed by atoms with van der Waals surface area (Å²) in [6, 6.07) is 14.1. The van der Waals surface area contributed by atoms with Crippen LogP contribution in [0.1, 0.15) is 11.1 Å². The van der Waals surface area contributed by atoms with Gasteiger partial charge in [-0.1, -0.05) is 35.4 Å². The summed E-state index contributed by atoms with van der Waals surface area (Å²) in [4.78, 5) is 0.210. The van der Waals surface area contributed by atoms with E-state index in [0.29, 0.717) is 5.75 Å². The van der Waals surface area contributed by atoms with Crippen molar-refractivity contribution >= 4 is 10.0 Å². The highest BCUT2D eigenvalue weighted by atomic mass is 32.2. The van der Waals surface area contributed by atoms with E-state index in [1.165, 1.54) is 7.05 Å². The number of benzene rings is 2. The molecule has 1 N–H and O–H groups in total. The first kappa shape index (κ1) is 18.4. The summed E-state index contributed by atoms with van der Waals surface area (Å²) in [5.74, 6) is 0.642. The average molecular weight is 349 g/mol. The molecule has 0 saturated heterocycles. The standard InChI is InChI=1S/C18H23NO4S/c1-14-4-8-17(9-5-14)23-13-16(20)12-19(3)24(21,22)18-10-6-15(2)7-11-18/h4-11,16,20H,12-13H2,1-3H3. The average Bonchev–Trinajstić information content (AvgIpc) is 2.54. The number of aliphatic hydroxyl groups is 1. The van der Waals surface area contributed by atoms with Crippen molar-refractivity contribution in [2.45, 2.75) is 24.8 Å². The molecule has 6 heteroatoms. The lowest BCUT2D eigenvalue weighted by Crippen LogP contribution is -2.37. The summed E-state index contributed by atoms with van der Waals surface area (Å²) in [6.45, 7) is 3.86. The Balaban J connectivity index is 1.93. The van der Waals surface area contributed by atoms with Crippen LogP contribution in [0, 0.1) is 13.8 Å². The minimum atomic E-state index is -3.62. The van der Waals surface area contributed by atoms with E-state index in [4.69, 9.17) is 4.74 Å². The molecule has 0 heterocycles. The monoisotopic (exact) mass is 349 g/mol. The van der Waals surface area contributed by atoms with Gasteiger partial charge in [0.2, 0.25) is 10.0 Å². The Hall–Kier alpha value is -1.89. The third-order valence-corrected chi connectivity index (χ3v) is 5.50. The van der Waals surface area contributed by atoms with Gasteiger partial charge in [-0.05, 0) is 38.1 Å². The number of hydrogen-bond donors (Lipinski definition) is 1. The minimum Gasteiger partial charge on any atom is -0.491 e. The van der Waals surface area contributed by atoms with Crippen molar-refractivity contribution in [3.63, 3.8) is 0 Å². The summed E-state index contributed by atoms with van der Waals surface area (Å²) in [6.07, 6.45) is -0.920. The van der Waals surface area contributed by atoms with Crippen LogP contribution in [0.2, 0.25) is 0 Å². The van der Waals surface area contributed by atoms with Crippen LogP contribution in [-0.4, -0.2) is 44.1 Å². The van der Waals surface area contributed by atoms with Gasteiger partial charge in [-0.2, -0.15) is 4.31 Å². The second kappa shape index (κ2) is 7.79. The van der Waals surface area contributed by atoms with E-state index in [2.05, 4.69) is 0 Å². The fraction of sp³-hybridized carbons (Fsp3) is 0.333. The molecule has 0 bridgehead atoms. The van der Waals surface area contributed by atoms with Gasteiger partial charge in [-0.25, -0.2) is 8.42 Å². The summed E-state index contributed by atoms with van der Waals surface area (Å²) in [5, 5.41) is 10.1. The molecular weight excluding hydrogens is 326 g/mol. The quantitative estimate of drug-likeness (QED) is 0.833. The zero-order valence-electron chi connectivity index (χ0n) is 14.1. The van der Waals surface area contributed by atoms with Crippen molar-refractivity contribution in [2.75, 3.05) is 20.2 Å². The molecule has 0 spiro atoms. The summed E-state index contributed by atoms with van der Waals surface area (Å²) in [5.41, 5.74) is 2.11. The number of likely N-dealkylation sites (N-methyl/N-ethyl adjacent to an activating group) is 1. The molecule has 2 aromatic rings. The van der Waals surface area contributed by atoms with Crippen molar-refractivity contribution < 1.29 is 18.3 Å². The highest BCUT2D eigenvalue weighted by Crippen LogP contribution is 2.16. The number of aryl methyl sites for hydroxylation is 2. The van der Waals surface area contributed by atoms with Crippen LogP contribution in [0.5, 0.6) is 5.75 Å². The van der Waals surface area contributed by atoms with Gasteiger partial charge >= 0.3 is 0 Å². The Morgan fingerprint density at radius 3 is 2.04 bits per heavy atom. The molecule has 0 amide bonds. The van der Waals surface area contributed by atoms with Crippen molar-refractivity contribution in [3.05, 3.63) is 59.7 Å². The van der Waals surface area contributed by atoms with Crippen LogP contribution in [0.25, 0.3) is 0 Å². The predicted octanol–water partition coefficient (Wildman–Crippen LogP) is 2.36. The Kier molecular flexibility index (Phi) is 5.99. The number of aliphatic hydroxyl groups excluding tert-OH is 1. The second-order valence-corrected chi connectivity index (χ2v) is 7.92. The molecule has 1 unspecified atom stereocenters. The highest BCUT2D eigenvalue weighted by molar-refractivity contribution is 7.89. The first-order chi connectivity index (χ1) is 11.3. The lowest BCUT2D eigenvalue weighted by Gasteiger charge is -2.21. The molecule has 0 fully saturated rings. The summed E-state index contributed by atoms with van der Waals surface area (Å²) >= 11 is 0. The molecule has 0 aromatic heterocycles. The van der Waals surface area contributed by atoms with Gasteiger partial charge in [-0.15, -0.1) is 0 Å². The Morgan fingerprint density at radius 1 is 1.00 bits per heavy atom. The molecule has 2 aromatic carbocycles. The molecule has 5 nitrogen and oxygen atoms in total. The van der Waals surface area contributed by atoms with Gasteiger partial charge in [-0.3, -0.25) is 0 Å². The zero-order valence-corrected chi connectivity index (χ0v) is 15.0. The summed E-state index contributed by atoms with van der Waals surface area (Å²) in [7, 11) is -2.17. The Labute approximate surface area is 143 Å². The normalized spacial score (nSPS) is 13.0. The van der Waals surface area contributed by atoms with E-state index in [0.717, 1.165) is 15.4 Å². The first-order valence-corrected chi connectivity index (χ1v) is 9.13. The van der Waals surface area contributed by atoms with Crippen molar-refractivity contribution in [2.24, 2.45) is 0 Å². The van der Waals surface area contributed by atoms with E-state index in [9.17, 15) is 13.5 Å². The molecule has 0 aliphatic heterocycles. The minimum absolute atomic E-state index is 0.0246.